The second-order valence-corrected chi connectivity index (χ2v) is 5.11. The minimum atomic E-state index is -0.299. The first-order valence-electron chi connectivity index (χ1n) is 6.16. The Morgan fingerprint density at radius 2 is 2.25 bits per heavy atom. The van der Waals surface area contributed by atoms with E-state index in [1.807, 2.05) is 35.1 Å². The van der Waals surface area contributed by atoms with Gasteiger partial charge in [-0.2, -0.15) is 5.10 Å². The second kappa shape index (κ2) is 7.09. The molecular weight excluding hydrogens is 324 g/mol. The Hall–Kier alpha value is -1.82. The average Bonchev–Trinajstić information content (AvgIpc) is 2.80. The normalized spacial score (nSPS) is 10.3. The lowest BCUT2D eigenvalue weighted by atomic mass is 10.2. The molecule has 0 saturated heterocycles. The highest BCUT2D eigenvalue weighted by molar-refractivity contribution is 9.10. The van der Waals surface area contributed by atoms with Crippen LogP contribution in [0, 0.1) is 0 Å². The van der Waals surface area contributed by atoms with Crippen LogP contribution in [0.3, 0.4) is 0 Å². The van der Waals surface area contributed by atoms with Crippen molar-refractivity contribution in [3.05, 3.63) is 46.7 Å². The van der Waals surface area contributed by atoms with E-state index in [1.165, 1.54) is 6.92 Å². The molecule has 6 heteroatoms. The van der Waals surface area contributed by atoms with E-state index in [4.69, 9.17) is 9.47 Å². The van der Waals surface area contributed by atoms with Crippen molar-refractivity contribution >= 4 is 21.9 Å². The van der Waals surface area contributed by atoms with Crippen molar-refractivity contribution in [3.8, 4) is 5.75 Å². The molecule has 0 amide bonds. The summed E-state index contributed by atoms with van der Waals surface area (Å²) in [6.45, 7) is 2.65. The van der Waals surface area contributed by atoms with Crippen LogP contribution in [-0.2, 0) is 16.1 Å². The van der Waals surface area contributed by atoms with Gasteiger partial charge in [-0.05, 0) is 33.6 Å². The van der Waals surface area contributed by atoms with Gasteiger partial charge in [0.05, 0.1) is 17.2 Å². The lowest BCUT2D eigenvalue weighted by Crippen LogP contribution is -2.09. The van der Waals surface area contributed by atoms with Crippen molar-refractivity contribution in [2.75, 3.05) is 13.2 Å². The Bertz CT molecular complexity index is 583. The molecule has 0 aliphatic rings. The predicted octanol–water partition coefficient (Wildman–Crippen LogP) is 2.64. The van der Waals surface area contributed by atoms with Gasteiger partial charge in [0.1, 0.15) is 19.0 Å². The van der Waals surface area contributed by atoms with Gasteiger partial charge in [-0.1, -0.05) is 12.1 Å². The summed E-state index contributed by atoms with van der Waals surface area (Å²) in [5.74, 6) is 0.451. The first-order valence-corrected chi connectivity index (χ1v) is 6.96. The summed E-state index contributed by atoms with van der Waals surface area (Å²) in [6.07, 6.45) is 3.66. The first-order chi connectivity index (χ1) is 9.63. The molecule has 0 saturated carbocycles. The third-order valence-corrected chi connectivity index (χ3v) is 2.91. The molecule has 0 unspecified atom stereocenters. The van der Waals surface area contributed by atoms with Gasteiger partial charge in [0.2, 0.25) is 0 Å². The number of halogens is 1. The third kappa shape index (κ3) is 4.70. The Balaban J connectivity index is 1.89. The number of benzene rings is 1. The molecule has 2 aromatic rings. The van der Waals surface area contributed by atoms with Crippen LogP contribution in [0.4, 0.5) is 0 Å². The predicted molar refractivity (Wildman–Crippen MR) is 77.6 cm³/mol. The molecule has 1 aromatic heterocycles. The lowest BCUT2D eigenvalue weighted by molar-refractivity contribution is -0.141. The van der Waals surface area contributed by atoms with E-state index in [0.717, 1.165) is 15.8 Å². The maximum absolute atomic E-state index is 10.6. The Morgan fingerprint density at radius 3 is 2.95 bits per heavy atom. The maximum atomic E-state index is 10.6. The summed E-state index contributed by atoms with van der Waals surface area (Å²) >= 11 is 3.36. The third-order valence-electron chi connectivity index (χ3n) is 2.50. The van der Waals surface area contributed by atoms with E-state index >= 15 is 0 Å². The van der Waals surface area contributed by atoms with Crippen molar-refractivity contribution in [2.45, 2.75) is 13.5 Å². The van der Waals surface area contributed by atoms with Gasteiger partial charge < -0.3 is 9.47 Å². The van der Waals surface area contributed by atoms with Gasteiger partial charge in [-0.3, -0.25) is 9.48 Å². The number of hydrogen-bond donors (Lipinski definition) is 0. The monoisotopic (exact) mass is 338 g/mol. The number of hydrogen-bond acceptors (Lipinski definition) is 4. The zero-order chi connectivity index (χ0) is 14.4. The summed E-state index contributed by atoms with van der Waals surface area (Å²) in [5, 5.41) is 4.21. The molecule has 1 aromatic carbocycles. The van der Waals surface area contributed by atoms with E-state index in [9.17, 15) is 4.79 Å². The van der Waals surface area contributed by atoms with Crippen LogP contribution in [-0.4, -0.2) is 29.0 Å². The molecule has 0 N–H and O–H groups in total. The van der Waals surface area contributed by atoms with E-state index in [0.29, 0.717) is 13.2 Å². The molecular formula is C14H15BrN2O3. The van der Waals surface area contributed by atoms with E-state index in [-0.39, 0.29) is 12.6 Å². The van der Waals surface area contributed by atoms with Gasteiger partial charge in [0.25, 0.3) is 0 Å². The van der Waals surface area contributed by atoms with E-state index in [1.54, 1.807) is 6.20 Å². The highest BCUT2D eigenvalue weighted by Gasteiger charge is 2.01. The van der Waals surface area contributed by atoms with E-state index < -0.39 is 0 Å². The molecule has 106 valence electrons. The smallest absolute Gasteiger partial charge is 0.302 e. The molecule has 0 radical (unpaired) electrons. The molecule has 5 nitrogen and oxygen atoms in total. The van der Waals surface area contributed by atoms with Gasteiger partial charge in [-0.15, -0.1) is 0 Å². The minimum absolute atomic E-state index is 0.256. The average molecular weight is 339 g/mol. The summed E-state index contributed by atoms with van der Waals surface area (Å²) in [6, 6.07) is 7.75. The number of rotatable bonds is 6. The Labute approximate surface area is 125 Å². The SMILES string of the molecule is CC(=O)OCCOc1cccc(Cn2cc(Br)cn2)c1. The quantitative estimate of drug-likeness (QED) is 0.600. The Morgan fingerprint density at radius 1 is 1.40 bits per heavy atom. The van der Waals surface area contributed by atoms with Crippen LogP contribution in [0.25, 0.3) is 0 Å². The topological polar surface area (TPSA) is 53.4 Å². The molecule has 0 fully saturated rings. The summed E-state index contributed by atoms with van der Waals surface area (Å²) in [7, 11) is 0. The summed E-state index contributed by atoms with van der Waals surface area (Å²) < 4.78 is 13.1. The molecule has 0 aliphatic heterocycles. The Kier molecular flexibility index (Phi) is 5.17. The highest BCUT2D eigenvalue weighted by Crippen LogP contribution is 2.15. The maximum Gasteiger partial charge on any atom is 0.302 e. The van der Waals surface area contributed by atoms with Crippen LogP contribution in [0.2, 0.25) is 0 Å². The van der Waals surface area contributed by atoms with Gasteiger partial charge in [0.15, 0.2) is 0 Å². The molecule has 1 heterocycles. The highest BCUT2D eigenvalue weighted by atomic mass is 79.9. The number of carbonyl (C=O) groups excluding carboxylic acids is 1. The first kappa shape index (κ1) is 14.6. The van der Waals surface area contributed by atoms with Gasteiger partial charge in [0, 0.05) is 13.1 Å². The molecule has 0 bridgehead atoms. The van der Waals surface area contributed by atoms with Crippen molar-refractivity contribution < 1.29 is 14.3 Å². The fourth-order valence-corrected chi connectivity index (χ4v) is 2.02. The van der Waals surface area contributed by atoms with Crippen LogP contribution < -0.4 is 4.74 Å². The van der Waals surface area contributed by atoms with Crippen LogP contribution in [0.5, 0.6) is 5.75 Å². The van der Waals surface area contributed by atoms with Crippen molar-refractivity contribution in [2.24, 2.45) is 0 Å². The molecule has 2 rings (SSSR count). The molecule has 0 atom stereocenters. The molecule has 20 heavy (non-hydrogen) atoms. The summed E-state index contributed by atoms with van der Waals surface area (Å²) in [4.78, 5) is 10.6. The van der Waals surface area contributed by atoms with Crippen LogP contribution >= 0.6 is 15.9 Å². The van der Waals surface area contributed by atoms with Crippen LogP contribution in [0.1, 0.15) is 12.5 Å². The van der Waals surface area contributed by atoms with Crippen molar-refractivity contribution in [3.63, 3.8) is 0 Å². The number of nitrogens with zero attached hydrogens (tertiary/aromatic N) is 2. The fourth-order valence-electron chi connectivity index (χ4n) is 1.69. The lowest BCUT2D eigenvalue weighted by Gasteiger charge is -2.08. The number of carbonyl (C=O) groups is 1. The van der Waals surface area contributed by atoms with Crippen molar-refractivity contribution in [1.82, 2.24) is 9.78 Å². The fraction of sp³-hybridized carbons (Fsp3) is 0.286. The van der Waals surface area contributed by atoms with Gasteiger partial charge >= 0.3 is 5.97 Å². The second-order valence-electron chi connectivity index (χ2n) is 4.19. The zero-order valence-electron chi connectivity index (χ0n) is 11.1. The molecule has 0 spiro atoms. The number of ether oxygens (including phenoxy) is 2. The van der Waals surface area contributed by atoms with Crippen LogP contribution in [0.15, 0.2) is 41.1 Å². The standard InChI is InChI=1S/C14H15BrN2O3/c1-11(18)19-5-6-20-14-4-2-3-12(7-14)9-17-10-13(15)8-16-17/h2-4,7-8,10H,5-6,9H2,1H3. The van der Waals surface area contributed by atoms with Gasteiger partial charge in [-0.25, -0.2) is 0 Å². The van der Waals surface area contributed by atoms with Crippen molar-refractivity contribution in [1.29, 1.82) is 0 Å². The number of esters is 1. The minimum Gasteiger partial charge on any atom is -0.490 e. The largest absolute Gasteiger partial charge is 0.490 e. The zero-order valence-corrected chi connectivity index (χ0v) is 12.7. The summed E-state index contributed by atoms with van der Waals surface area (Å²) in [5.41, 5.74) is 1.09. The number of aromatic nitrogens is 2. The van der Waals surface area contributed by atoms with E-state index in [2.05, 4.69) is 21.0 Å². The molecule has 0 aliphatic carbocycles.